The number of hydroxylamine groups is 1. The van der Waals surface area contributed by atoms with Crippen LogP contribution in [0.3, 0.4) is 0 Å². The van der Waals surface area contributed by atoms with Gasteiger partial charge in [0.05, 0.1) is 6.54 Å². The first-order valence-electron chi connectivity index (χ1n) is 14.6. The molecule has 0 saturated carbocycles. The van der Waals surface area contributed by atoms with Crippen molar-refractivity contribution >= 4 is 29.5 Å². The quantitative estimate of drug-likeness (QED) is 0.101. The van der Waals surface area contributed by atoms with Gasteiger partial charge in [0.15, 0.2) is 0 Å². The zero-order valence-corrected chi connectivity index (χ0v) is 25.3. The third-order valence-corrected chi connectivity index (χ3v) is 7.67. The van der Waals surface area contributed by atoms with Gasteiger partial charge >= 0.3 is 0 Å². The number of likely N-dealkylation sites (N-methyl/N-ethyl adjacent to an activating group) is 1. The van der Waals surface area contributed by atoms with Gasteiger partial charge in [-0.05, 0) is 30.9 Å². The van der Waals surface area contributed by atoms with E-state index in [4.69, 9.17) is 0 Å². The summed E-state index contributed by atoms with van der Waals surface area (Å²) in [5, 5.41) is 14.0. The van der Waals surface area contributed by atoms with Crippen LogP contribution in [0.5, 0.6) is 0 Å². The van der Waals surface area contributed by atoms with Gasteiger partial charge in [-0.1, -0.05) is 40.0 Å². The highest BCUT2D eigenvalue weighted by molar-refractivity contribution is 5.95. The van der Waals surface area contributed by atoms with Gasteiger partial charge in [0.2, 0.25) is 17.7 Å². The number of likely N-dealkylation sites (tertiary alicyclic amines) is 1. The van der Waals surface area contributed by atoms with Gasteiger partial charge in [0, 0.05) is 38.1 Å². The van der Waals surface area contributed by atoms with Crippen LogP contribution in [0.2, 0.25) is 0 Å². The molecule has 0 aromatic heterocycles. The van der Waals surface area contributed by atoms with Crippen molar-refractivity contribution in [3.8, 4) is 0 Å². The normalized spacial score (nSPS) is 17.8. The molecule has 15 heteroatoms. The molecular formula is C29H41F4N5O6. The average Bonchev–Trinajstić information content (AvgIpc) is 3.30. The number of halogens is 4. The highest BCUT2D eigenvalue weighted by atomic mass is 19.3. The number of carbonyl (C=O) groups excluding carboxylic acids is 5. The van der Waals surface area contributed by atoms with Crippen molar-refractivity contribution in [1.29, 1.82) is 0 Å². The lowest BCUT2D eigenvalue weighted by Crippen LogP contribution is -2.58. The van der Waals surface area contributed by atoms with Crippen LogP contribution in [-0.2, 0) is 19.2 Å². The van der Waals surface area contributed by atoms with Gasteiger partial charge in [-0.3, -0.25) is 29.2 Å². The first-order valence-corrected chi connectivity index (χ1v) is 14.6. The van der Waals surface area contributed by atoms with Gasteiger partial charge in [0.25, 0.3) is 17.7 Å². The SMILES string of the molecule is CCCCCC(=O)N1CC(F)(F)C[C@H]1C(=O)N(C)[C@H](C(=O)N[C@@H](CCNC(=O)c1cc(F)cc(F)c1)C(=O)NO)[C@@H](C)CC. The van der Waals surface area contributed by atoms with Crippen molar-refractivity contribution < 1.29 is 46.7 Å². The second kappa shape index (κ2) is 16.4. The Morgan fingerprint density at radius 2 is 1.70 bits per heavy atom. The number of carbonyl (C=O) groups is 5. The lowest BCUT2D eigenvalue weighted by atomic mass is 9.95. The first-order chi connectivity index (χ1) is 20.6. The van der Waals surface area contributed by atoms with Crippen LogP contribution in [-0.4, -0.2) is 88.7 Å². The monoisotopic (exact) mass is 631 g/mol. The van der Waals surface area contributed by atoms with Crippen molar-refractivity contribution in [3.05, 3.63) is 35.4 Å². The Morgan fingerprint density at radius 3 is 2.27 bits per heavy atom. The van der Waals surface area contributed by atoms with Crippen LogP contribution in [0.4, 0.5) is 17.6 Å². The third kappa shape index (κ3) is 9.89. The van der Waals surface area contributed by atoms with Crippen molar-refractivity contribution in [2.75, 3.05) is 20.1 Å². The number of amides is 5. The van der Waals surface area contributed by atoms with E-state index >= 15 is 0 Å². The van der Waals surface area contributed by atoms with Gasteiger partial charge in [-0.15, -0.1) is 0 Å². The number of alkyl halides is 2. The molecule has 5 amide bonds. The Morgan fingerprint density at radius 1 is 1.07 bits per heavy atom. The minimum Gasteiger partial charge on any atom is -0.352 e. The fraction of sp³-hybridized carbons (Fsp3) is 0.621. The number of nitrogens with zero attached hydrogens (tertiary/aromatic N) is 2. The molecule has 44 heavy (non-hydrogen) atoms. The summed E-state index contributed by atoms with van der Waals surface area (Å²) in [5.41, 5.74) is 1.09. The van der Waals surface area contributed by atoms with Crippen LogP contribution < -0.4 is 16.1 Å². The van der Waals surface area contributed by atoms with E-state index in [0.717, 1.165) is 34.8 Å². The molecule has 1 heterocycles. The molecule has 0 unspecified atom stereocenters. The van der Waals surface area contributed by atoms with E-state index in [9.17, 15) is 46.7 Å². The van der Waals surface area contributed by atoms with E-state index in [0.29, 0.717) is 18.9 Å². The summed E-state index contributed by atoms with van der Waals surface area (Å²) in [7, 11) is 1.26. The van der Waals surface area contributed by atoms with Crippen molar-refractivity contribution in [3.63, 3.8) is 0 Å². The van der Waals surface area contributed by atoms with Crippen LogP contribution >= 0.6 is 0 Å². The maximum Gasteiger partial charge on any atom is 0.267 e. The molecule has 1 aromatic carbocycles. The van der Waals surface area contributed by atoms with E-state index in [1.165, 1.54) is 12.5 Å². The second-order valence-corrected chi connectivity index (χ2v) is 11.1. The summed E-state index contributed by atoms with van der Waals surface area (Å²) in [5.74, 6) is -9.95. The molecule has 4 atom stereocenters. The van der Waals surface area contributed by atoms with E-state index in [2.05, 4.69) is 10.6 Å². The largest absolute Gasteiger partial charge is 0.352 e. The van der Waals surface area contributed by atoms with E-state index < -0.39 is 84.1 Å². The summed E-state index contributed by atoms with van der Waals surface area (Å²) < 4.78 is 55.8. The molecule has 0 aliphatic carbocycles. The maximum absolute atomic E-state index is 14.4. The molecule has 4 N–H and O–H groups in total. The van der Waals surface area contributed by atoms with E-state index in [1.807, 2.05) is 6.92 Å². The first kappa shape index (κ1) is 36.4. The van der Waals surface area contributed by atoms with Crippen LogP contribution in [0.15, 0.2) is 18.2 Å². The molecule has 1 saturated heterocycles. The van der Waals surface area contributed by atoms with Crippen LogP contribution in [0, 0.1) is 17.6 Å². The molecule has 1 aliphatic heterocycles. The molecule has 1 fully saturated rings. The molecule has 0 radical (unpaired) electrons. The van der Waals surface area contributed by atoms with Crippen molar-refractivity contribution in [2.45, 2.75) is 89.8 Å². The molecule has 2 rings (SSSR count). The number of benzene rings is 1. The Hall–Kier alpha value is -3.75. The Kier molecular flexibility index (Phi) is 13.5. The summed E-state index contributed by atoms with van der Waals surface area (Å²) in [6.07, 6.45) is 1.23. The average molecular weight is 632 g/mol. The highest BCUT2D eigenvalue weighted by Crippen LogP contribution is 2.34. The molecular weight excluding hydrogens is 590 g/mol. The summed E-state index contributed by atoms with van der Waals surface area (Å²) in [4.78, 5) is 66.3. The molecule has 246 valence electrons. The number of unbranched alkanes of at least 4 members (excludes halogenated alkanes) is 2. The summed E-state index contributed by atoms with van der Waals surface area (Å²) >= 11 is 0. The van der Waals surface area contributed by atoms with Gasteiger partial charge in [0.1, 0.15) is 29.8 Å². The molecule has 1 aromatic rings. The number of rotatable bonds is 15. The lowest BCUT2D eigenvalue weighted by Gasteiger charge is -2.35. The highest BCUT2D eigenvalue weighted by Gasteiger charge is 2.51. The number of nitrogens with one attached hydrogen (secondary N) is 3. The third-order valence-electron chi connectivity index (χ3n) is 7.67. The van der Waals surface area contributed by atoms with Crippen molar-refractivity contribution in [1.82, 2.24) is 25.9 Å². The maximum atomic E-state index is 14.4. The summed E-state index contributed by atoms with van der Waals surface area (Å²) in [6.45, 7) is 4.12. The Balaban J connectivity index is 2.18. The van der Waals surface area contributed by atoms with Gasteiger partial charge in [-0.2, -0.15) is 0 Å². The summed E-state index contributed by atoms with van der Waals surface area (Å²) in [6, 6.07) is -1.96. The Bertz CT molecular complexity index is 1180. The number of hydrogen-bond donors (Lipinski definition) is 4. The lowest BCUT2D eigenvalue weighted by molar-refractivity contribution is -0.148. The topological polar surface area (TPSA) is 148 Å². The molecule has 0 bridgehead atoms. The minimum atomic E-state index is -3.29. The Labute approximate surface area is 253 Å². The van der Waals surface area contributed by atoms with Gasteiger partial charge < -0.3 is 20.4 Å². The van der Waals surface area contributed by atoms with E-state index in [-0.39, 0.29) is 24.9 Å². The predicted molar refractivity (Wildman–Crippen MR) is 150 cm³/mol. The molecule has 0 spiro atoms. The van der Waals surface area contributed by atoms with Crippen molar-refractivity contribution in [2.24, 2.45) is 5.92 Å². The van der Waals surface area contributed by atoms with E-state index in [1.54, 1.807) is 13.8 Å². The van der Waals surface area contributed by atoms with Crippen LogP contribution in [0.1, 0.15) is 76.1 Å². The zero-order chi connectivity index (χ0) is 33.2. The molecule has 1 aliphatic rings. The standard InChI is InChI=1S/C29H41F4N5O6/c1-5-7-8-9-23(39)38-16-29(32,33)15-22(38)28(43)37(4)24(17(3)6-2)27(42)35-21(26(41)36-44)10-11-34-25(40)18-12-19(30)14-20(31)13-18/h12-14,17,21-22,24,44H,5-11,15-16H2,1-4H3,(H,34,40)(H,35,42)(H,36,41)/t17-,21-,22-,24-/m0/s1. The minimum absolute atomic E-state index is 0.00926. The smallest absolute Gasteiger partial charge is 0.267 e. The fourth-order valence-corrected chi connectivity index (χ4v) is 5.10. The number of hydrogen-bond acceptors (Lipinski definition) is 6. The fourth-order valence-electron chi connectivity index (χ4n) is 5.10. The van der Waals surface area contributed by atoms with Crippen LogP contribution in [0.25, 0.3) is 0 Å². The molecule has 11 nitrogen and oxygen atoms in total. The predicted octanol–water partition coefficient (Wildman–Crippen LogP) is 2.76. The van der Waals surface area contributed by atoms with Gasteiger partial charge in [-0.25, -0.2) is 23.0 Å². The second-order valence-electron chi connectivity index (χ2n) is 11.1. The zero-order valence-electron chi connectivity index (χ0n) is 25.3.